The van der Waals surface area contributed by atoms with Gasteiger partial charge in [0, 0.05) is 11.1 Å². The summed E-state index contributed by atoms with van der Waals surface area (Å²) in [5.74, 6) is -0.209. The number of rotatable bonds is 3. The largest absolute Gasteiger partial charge is 0.293 e. The maximum atomic E-state index is 12.2. The molecule has 1 aromatic carbocycles. The van der Waals surface area contributed by atoms with Crippen LogP contribution in [0.25, 0.3) is 6.08 Å². The molecule has 5 heteroatoms. The zero-order chi connectivity index (χ0) is 14.0. The molecule has 2 rings (SSSR count). The monoisotopic (exact) mass is 295 g/mol. The molecular formula is C14H14ClNO2S. The number of halogens is 1. The van der Waals surface area contributed by atoms with Crippen LogP contribution >= 0.6 is 23.4 Å². The fourth-order valence-corrected chi connectivity index (χ4v) is 2.81. The highest BCUT2D eigenvalue weighted by Gasteiger charge is 2.37. The molecule has 0 N–H and O–H groups in total. The quantitative estimate of drug-likeness (QED) is 0.785. The molecule has 100 valence electrons. The Bertz CT molecular complexity index is 539. The van der Waals surface area contributed by atoms with E-state index < -0.39 is 0 Å². The second kappa shape index (κ2) is 5.80. The molecule has 0 unspecified atom stereocenters. The molecule has 0 bridgehead atoms. The Hall–Kier alpha value is -1.26. The summed E-state index contributed by atoms with van der Waals surface area (Å²) in [5.41, 5.74) is 0.860. The van der Waals surface area contributed by atoms with Crippen LogP contribution in [0.15, 0.2) is 29.2 Å². The molecule has 3 nitrogen and oxygen atoms in total. The first-order valence-corrected chi connectivity index (χ1v) is 7.25. The van der Waals surface area contributed by atoms with Crippen molar-refractivity contribution in [2.24, 2.45) is 0 Å². The van der Waals surface area contributed by atoms with Gasteiger partial charge in [-0.1, -0.05) is 30.7 Å². The van der Waals surface area contributed by atoms with E-state index in [1.165, 1.54) is 4.90 Å². The van der Waals surface area contributed by atoms with Gasteiger partial charge in [-0.05, 0) is 48.9 Å². The molecule has 1 aliphatic heterocycles. The minimum atomic E-state index is -0.209. The highest BCUT2D eigenvalue weighted by molar-refractivity contribution is 8.18. The molecule has 2 amide bonds. The summed E-state index contributed by atoms with van der Waals surface area (Å²) in [7, 11) is 0. The van der Waals surface area contributed by atoms with E-state index in [2.05, 4.69) is 0 Å². The maximum Gasteiger partial charge on any atom is 0.293 e. The van der Waals surface area contributed by atoms with Crippen molar-refractivity contribution < 1.29 is 9.59 Å². The highest BCUT2D eigenvalue weighted by Crippen LogP contribution is 2.34. The normalized spacial score (nSPS) is 19.3. The van der Waals surface area contributed by atoms with Crippen LogP contribution in [-0.4, -0.2) is 22.1 Å². The van der Waals surface area contributed by atoms with Crippen molar-refractivity contribution in [2.75, 3.05) is 0 Å². The van der Waals surface area contributed by atoms with Crippen LogP contribution in [-0.2, 0) is 4.79 Å². The average molecular weight is 296 g/mol. The first-order valence-electron chi connectivity index (χ1n) is 6.05. The number of amides is 2. The summed E-state index contributed by atoms with van der Waals surface area (Å²) >= 11 is 6.80. The summed E-state index contributed by atoms with van der Waals surface area (Å²) in [5, 5.41) is 0.449. The van der Waals surface area contributed by atoms with Gasteiger partial charge in [-0.3, -0.25) is 14.5 Å². The van der Waals surface area contributed by atoms with Crippen LogP contribution in [0.1, 0.15) is 25.8 Å². The van der Waals surface area contributed by atoms with Crippen molar-refractivity contribution in [2.45, 2.75) is 26.3 Å². The van der Waals surface area contributed by atoms with Crippen molar-refractivity contribution >= 4 is 40.6 Å². The standard InChI is InChI=1S/C14H14ClNO2S/c1-3-9(2)16-13(17)12(19-14(16)18)8-10-4-6-11(15)7-5-10/h4-9H,3H2,1-2H3/b12-8+/t9-/m0/s1. The van der Waals surface area contributed by atoms with E-state index in [9.17, 15) is 9.59 Å². The van der Waals surface area contributed by atoms with Gasteiger partial charge in [-0.15, -0.1) is 0 Å². The number of hydrogen-bond acceptors (Lipinski definition) is 3. The van der Waals surface area contributed by atoms with E-state index in [4.69, 9.17) is 11.6 Å². The van der Waals surface area contributed by atoms with Crippen LogP contribution in [0.3, 0.4) is 0 Å². The van der Waals surface area contributed by atoms with Gasteiger partial charge >= 0.3 is 0 Å². The third-order valence-electron chi connectivity index (χ3n) is 3.02. The van der Waals surface area contributed by atoms with Crippen molar-refractivity contribution in [3.8, 4) is 0 Å². The third kappa shape index (κ3) is 3.01. The summed E-state index contributed by atoms with van der Waals surface area (Å²) in [6.07, 6.45) is 2.48. The summed E-state index contributed by atoms with van der Waals surface area (Å²) < 4.78 is 0. The summed E-state index contributed by atoms with van der Waals surface area (Å²) in [6, 6.07) is 7.08. The number of carbonyl (C=O) groups excluding carboxylic acids is 2. The lowest BCUT2D eigenvalue weighted by Crippen LogP contribution is -2.36. The number of carbonyl (C=O) groups is 2. The van der Waals surface area contributed by atoms with Crippen molar-refractivity contribution in [1.29, 1.82) is 0 Å². The van der Waals surface area contributed by atoms with E-state index in [0.29, 0.717) is 9.93 Å². The smallest absolute Gasteiger partial charge is 0.268 e. The maximum absolute atomic E-state index is 12.2. The summed E-state index contributed by atoms with van der Waals surface area (Å²) in [4.78, 5) is 25.8. The van der Waals surface area contributed by atoms with Gasteiger partial charge < -0.3 is 0 Å². The molecule has 1 fully saturated rings. The van der Waals surface area contributed by atoms with Crippen molar-refractivity contribution in [3.63, 3.8) is 0 Å². The predicted octanol–water partition coefficient (Wildman–Crippen LogP) is 4.17. The molecule has 0 aromatic heterocycles. The Kier molecular flexibility index (Phi) is 4.32. The molecule has 0 saturated carbocycles. The van der Waals surface area contributed by atoms with Crippen LogP contribution in [0.4, 0.5) is 4.79 Å². The lowest BCUT2D eigenvalue weighted by atomic mass is 10.2. The van der Waals surface area contributed by atoms with E-state index >= 15 is 0 Å². The number of nitrogens with zero attached hydrogens (tertiary/aromatic N) is 1. The van der Waals surface area contributed by atoms with Crippen LogP contribution in [0.5, 0.6) is 0 Å². The van der Waals surface area contributed by atoms with E-state index in [-0.39, 0.29) is 17.2 Å². The van der Waals surface area contributed by atoms with Crippen LogP contribution in [0, 0.1) is 0 Å². The first-order chi connectivity index (χ1) is 9.02. The Morgan fingerprint density at radius 1 is 1.32 bits per heavy atom. The topological polar surface area (TPSA) is 37.4 Å². The number of benzene rings is 1. The fraction of sp³-hybridized carbons (Fsp3) is 0.286. The number of imide groups is 1. The van der Waals surface area contributed by atoms with Gasteiger partial charge in [0.2, 0.25) is 0 Å². The van der Waals surface area contributed by atoms with E-state index in [1.807, 2.05) is 26.0 Å². The molecule has 1 saturated heterocycles. The van der Waals surface area contributed by atoms with E-state index in [1.54, 1.807) is 18.2 Å². The Balaban J connectivity index is 2.25. The third-order valence-corrected chi connectivity index (χ3v) is 4.16. The SMILES string of the molecule is CC[C@H](C)N1C(=O)S/C(=C/c2ccc(Cl)cc2)C1=O. The highest BCUT2D eigenvalue weighted by atomic mass is 35.5. The molecule has 0 aliphatic carbocycles. The minimum absolute atomic E-state index is 0.0661. The van der Waals surface area contributed by atoms with Gasteiger partial charge in [-0.2, -0.15) is 0 Å². The molecule has 1 atom stereocenters. The fourth-order valence-electron chi connectivity index (χ4n) is 1.75. The molecule has 19 heavy (non-hydrogen) atoms. The van der Waals surface area contributed by atoms with Crippen molar-refractivity contribution in [1.82, 2.24) is 4.90 Å². The first kappa shape index (κ1) is 14.2. The predicted molar refractivity (Wildman–Crippen MR) is 79.0 cm³/mol. The zero-order valence-electron chi connectivity index (χ0n) is 10.7. The second-order valence-electron chi connectivity index (χ2n) is 4.36. The van der Waals surface area contributed by atoms with Gasteiger partial charge in [0.1, 0.15) is 0 Å². The van der Waals surface area contributed by atoms with Crippen LogP contribution in [0.2, 0.25) is 5.02 Å². The second-order valence-corrected chi connectivity index (χ2v) is 5.79. The van der Waals surface area contributed by atoms with Gasteiger partial charge in [0.05, 0.1) is 4.91 Å². The Morgan fingerprint density at radius 2 is 1.95 bits per heavy atom. The molecular weight excluding hydrogens is 282 g/mol. The molecule has 1 aliphatic rings. The number of thioether (sulfide) groups is 1. The molecule has 1 aromatic rings. The minimum Gasteiger partial charge on any atom is -0.268 e. The summed E-state index contributed by atoms with van der Waals surface area (Å²) in [6.45, 7) is 3.83. The lowest BCUT2D eigenvalue weighted by molar-refractivity contribution is -0.124. The van der Waals surface area contributed by atoms with Gasteiger partial charge in [-0.25, -0.2) is 0 Å². The average Bonchev–Trinajstić information content (AvgIpc) is 2.66. The zero-order valence-corrected chi connectivity index (χ0v) is 12.3. The Morgan fingerprint density at radius 3 is 2.53 bits per heavy atom. The molecule has 0 spiro atoms. The van der Waals surface area contributed by atoms with Gasteiger partial charge in [0.15, 0.2) is 0 Å². The van der Waals surface area contributed by atoms with E-state index in [0.717, 1.165) is 23.7 Å². The van der Waals surface area contributed by atoms with Crippen molar-refractivity contribution in [3.05, 3.63) is 39.8 Å². The van der Waals surface area contributed by atoms with Gasteiger partial charge in [0.25, 0.3) is 11.1 Å². The van der Waals surface area contributed by atoms with Crippen LogP contribution < -0.4 is 0 Å². The lowest BCUT2D eigenvalue weighted by Gasteiger charge is -2.19. The molecule has 0 radical (unpaired) electrons. The Labute approximate surface area is 121 Å². The number of hydrogen-bond donors (Lipinski definition) is 0. The molecule has 1 heterocycles.